The van der Waals surface area contributed by atoms with Crippen LogP contribution in [0.5, 0.6) is 0 Å². The molecule has 10 N–H and O–H groups in total. The standard InChI is InChI=1S/C46H76N8O10/c1-11-28(9)37(44(61)49-33(46(63)64)22-26(5)6)52-41(58)35-19-16-20-54(35)45(62)34(24-55)50-40(57)32(23-30-17-14-13-15-18-30)48-43(60)38(29(10)12-2)53-42(59)36(27(7)8)51-39(56)31(47)21-25(3)4/h13-15,17-18,25-29,31-38,55H,11-12,16,19-24,47H2,1-10H3,(H,48,60)(H,49,61)(H,50,57)(H,51,56)(H,52,58)(H,53,59)(H,63,64)/t28-,29-,31-,32-,33-,34-,35-,36-,37-,38-/m0/s1. The average Bonchev–Trinajstić information content (AvgIpc) is 3.74. The number of aliphatic carboxylic acids is 1. The fourth-order valence-corrected chi connectivity index (χ4v) is 7.54. The summed E-state index contributed by atoms with van der Waals surface area (Å²) in [5.41, 5.74) is 6.75. The first kappa shape index (κ1) is 55.0. The second kappa shape index (κ2) is 26.6. The van der Waals surface area contributed by atoms with Crippen molar-refractivity contribution < 1.29 is 48.6 Å². The predicted molar refractivity (Wildman–Crippen MR) is 242 cm³/mol. The van der Waals surface area contributed by atoms with Crippen molar-refractivity contribution in [2.45, 2.75) is 163 Å². The summed E-state index contributed by atoms with van der Waals surface area (Å²) in [5.74, 6) is -6.94. The number of nitrogens with one attached hydrogen (secondary N) is 6. The number of rotatable bonds is 26. The number of nitrogens with zero attached hydrogens (tertiary/aromatic N) is 1. The highest BCUT2D eigenvalue weighted by Crippen LogP contribution is 2.21. The van der Waals surface area contributed by atoms with Crippen LogP contribution in [0, 0.1) is 29.6 Å². The molecule has 1 fully saturated rings. The maximum Gasteiger partial charge on any atom is 0.326 e. The van der Waals surface area contributed by atoms with Crippen LogP contribution in [0.25, 0.3) is 0 Å². The van der Waals surface area contributed by atoms with Crippen molar-refractivity contribution in [3.8, 4) is 0 Å². The minimum Gasteiger partial charge on any atom is -0.480 e. The first-order chi connectivity index (χ1) is 30.1. The van der Waals surface area contributed by atoms with Gasteiger partial charge in [-0.2, -0.15) is 0 Å². The molecule has 0 radical (unpaired) electrons. The number of carbonyl (C=O) groups excluding carboxylic acids is 7. The normalized spacial score (nSPS) is 18.1. The minimum atomic E-state index is -1.53. The summed E-state index contributed by atoms with van der Waals surface area (Å²) in [7, 11) is 0. The van der Waals surface area contributed by atoms with Gasteiger partial charge in [-0.15, -0.1) is 0 Å². The van der Waals surface area contributed by atoms with Crippen LogP contribution in [0.2, 0.25) is 0 Å². The van der Waals surface area contributed by atoms with E-state index in [0.717, 1.165) is 0 Å². The molecule has 0 saturated carbocycles. The number of carbonyl (C=O) groups is 8. The number of aliphatic hydroxyl groups is 1. The van der Waals surface area contributed by atoms with Crippen LogP contribution in [0.15, 0.2) is 30.3 Å². The molecule has 18 heteroatoms. The predicted octanol–water partition coefficient (Wildman–Crippen LogP) is 1.37. The Labute approximate surface area is 378 Å². The first-order valence-corrected chi connectivity index (χ1v) is 22.8. The number of nitrogens with two attached hydrogens (primary N) is 1. The lowest BCUT2D eigenvalue weighted by Crippen LogP contribution is -2.62. The maximum absolute atomic E-state index is 14.1. The van der Waals surface area contributed by atoms with Gasteiger partial charge in [0.25, 0.3) is 0 Å². The highest BCUT2D eigenvalue weighted by molar-refractivity contribution is 5.98. The van der Waals surface area contributed by atoms with E-state index in [9.17, 15) is 48.6 Å². The minimum absolute atomic E-state index is 0.0282. The number of likely N-dealkylation sites (tertiary alicyclic amines) is 1. The third-order valence-electron chi connectivity index (χ3n) is 11.8. The lowest BCUT2D eigenvalue weighted by molar-refractivity contribution is -0.144. The molecule has 0 aromatic heterocycles. The van der Waals surface area contributed by atoms with Crippen molar-refractivity contribution in [2.75, 3.05) is 13.2 Å². The molecular weight excluding hydrogens is 825 g/mol. The molecule has 0 bridgehead atoms. The van der Waals surface area contributed by atoms with E-state index in [-0.39, 0.29) is 43.6 Å². The van der Waals surface area contributed by atoms with Crippen molar-refractivity contribution in [2.24, 2.45) is 35.3 Å². The molecule has 1 saturated heterocycles. The maximum atomic E-state index is 14.1. The van der Waals surface area contributed by atoms with E-state index in [1.165, 1.54) is 4.90 Å². The molecule has 0 spiro atoms. The molecule has 10 atom stereocenters. The van der Waals surface area contributed by atoms with E-state index in [0.29, 0.717) is 31.2 Å². The molecular formula is C46H76N8O10. The molecule has 64 heavy (non-hydrogen) atoms. The zero-order chi connectivity index (χ0) is 48.4. The molecule has 1 aliphatic rings. The van der Waals surface area contributed by atoms with Crippen molar-refractivity contribution in [3.63, 3.8) is 0 Å². The van der Waals surface area contributed by atoms with Crippen molar-refractivity contribution >= 4 is 47.3 Å². The molecule has 1 aromatic rings. The fraction of sp³-hybridized carbons (Fsp3) is 0.696. The van der Waals surface area contributed by atoms with E-state index in [4.69, 9.17) is 5.73 Å². The summed E-state index contributed by atoms with van der Waals surface area (Å²) in [4.78, 5) is 109. The van der Waals surface area contributed by atoms with Crippen LogP contribution in [-0.4, -0.2) is 124 Å². The van der Waals surface area contributed by atoms with Gasteiger partial charge < -0.3 is 52.7 Å². The van der Waals surface area contributed by atoms with Gasteiger partial charge in [-0.25, -0.2) is 4.79 Å². The van der Waals surface area contributed by atoms with Gasteiger partial charge in [0, 0.05) is 13.0 Å². The Morgan fingerprint density at radius 3 is 1.66 bits per heavy atom. The lowest BCUT2D eigenvalue weighted by Gasteiger charge is -2.32. The second-order valence-corrected chi connectivity index (χ2v) is 18.4. The van der Waals surface area contributed by atoms with Gasteiger partial charge in [0.15, 0.2) is 0 Å². The number of hydrogen-bond donors (Lipinski definition) is 9. The Morgan fingerprint density at radius 1 is 0.656 bits per heavy atom. The van der Waals surface area contributed by atoms with Crippen molar-refractivity contribution in [3.05, 3.63) is 35.9 Å². The quantitative estimate of drug-likeness (QED) is 0.0641. The van der Waals surface area contributed by atoms with Gasteiger partial charge in [-0.3, -0.25) is 33.6 Å². The monoisotopic (exact) mass is 901 g/mol. The number of benzene rings is 1. The summed E-state index contributed by atoms with van der Waals surface area (Å²) in [5, 5.41) is 36.3. The summed E-state index contributed by atoms with van der Waals surface area (Å²) < 4.78 is 0. The Morgan fingerprint density at radius 2 is 1.16 bits per heavy atom. The zero-order valence-electron chi connectivity index (χ0n) is 39.4. The van der Waals surface area contributed by atoms with Crippen LogP contribution in [0.3, 0.4) is 0 Å². The summed E-state index contributed by atoms with van der Waals surface area (Å²) in [6, 6.07) is -0.354. The van der Waals surface area contributed by atoms with E-state index < -0.39 is 114 Å². The Balaban J connectivity index is 2.34. The Hall–Kier alpha value is -5.10. The summed E-state index contributed by atoms with van der Waals surface area (Å²) in [6.45, 7) is 17.5. The molecule has 360 valence electrons. The SMILES string of the molecule is CC[C@H](C)[C@H](NC(=O)[C@@H](NC(=O)[C@@H](N)CC(C)C)C(C)C)C(=O)N[C@@H](Cc1ccccc1)C(=O)N[C@@H](CO)C(=O)N1CCC[C@H]1C(=O)N[C@H](C(=O)N[C@@H](CC(C)C)C(=O)O)[C@@H](C)CC. The molecule has 7 amide bonds. The molecule has 1 aliphatic heterocycles. The number of aliphatic hydroxyl groups excluding tert-OH is 1. The summed E-state index contributed by atoms with van der Waals surface area (Å²) >= 11 is 0. The second-order valence-electron chi connectivity index (χ2n) is 18.4. The lowest BCUT2D eigenvalue weighted by atomic mass is 9.95. The zero-order valence-corrected chi connectivity index (χ0v) is 39.4. The third-order valence-corrected chi connectivity index (χ3v) is 11.8. The van der Waals surface area contributed by atoms with Gasteiger partial charge in [0.2, 0.25) is 41.4 Å². The smallest absolute Gasteiger partial charge is 0.326 e. The Bertz CT molecular complexity index is 1730. The number of carboxylic acids is 1. The fourth-order valence-electron chi connectivity index (χ4n) is 7.54. The number of hydrogen-bond acceptors (Lipinski definition) is 10. The average molecular weight is 901 g/mol. The van der Waals surface area contributed by atoms with Gasteiger partial charge in [0.1, 0.15) is 42.3 Å². The van der Waals surface area contributed by atoms with Gasteiger partial charge >= 0.3 is 5.97 Å². The Kier molecular flexibility index (Phi) is 22.9. The summed E-state index contributed by atoms with van der Waals surface area (Å²) in [6.07, 6.45) is 2.13. The van der Waals surface area contributed by atoms with Gasteiger partial charge in [0.05, 0.1) is 12.6 Å². The molecule has 2 rings (SSSR count). The van der Waals surface area contributed by atoms with Crippen LogP contribution in [-0.2, 0) is 44.8 Å². The van der Waals surface area contributed by atoms with E-state index in [2.05, 4.69) is 31.9 Å². The van der Waals surface area contributed by atoms with Crippen LogP contribution in [0.4, 0.5) is 0 Å². The molecule has 1 heterocycles. The van der Waals surface area contributed by atoms with Crippen LogP contribution in [0.1, 0.15) is 113 Å². The van der Waals surface area contributed by atoms with E-state index >= 15 is 0 Å². The van der Waals surface area contributed by atoms with Crippen molar-refractivity contribution in [1.82, 2.24) is 36.8 Å². The molecule has 18 nitrogen and oxygen atoms in total. The van der Waals surface area contributed by atoms with Gasteiger partial charge in [-0.1, -0.05) is 112 Å². The molecule has 0 unspecified atom stereocenters. The van der Waals surface area contributed by atoms with E-state index in [1.807, 2.05) is 41.5 Å². The van der Waals surface area contributed by atoms with Crippen LogP contribution >= 0.6 is 0 Å². The van der Waals surface area contributed by atoms with Crippen LogP contribution < -0.4 is 37.6 Å². The van der Waals surface area contributed by atoms with Gasteiger partial charge in [-0.05, 0) is 60.8 Å². The number of amides is 7. The first-order valence-electron chi connectivity index (χ1n) is 22.8. The number of carboxylic acid groups (broad SMARTS) is 1. The van der Waals surface area contributed by atoms with Crippen molar-refractivity contribution in [1.29, 1.82) is 0 Å². The molecule has 0 aliphatic carbocycles. The molecule has 1 aromatic carbocycles. The largest absolute Gasteiger partial charge is 0.480 e. The highest BCUT2D eigenvalue weighted by atomic mass is 16.4. The topological polar surface area (TPSA) is 278 Å². The highest BCUT2D eigenvalue weighted by Gasteiger charge is 2.41. The van der Waals surface area contributed by atoms with E-state index in [1.54, 1.807) is 58.0 Å². The third kappa shape index (κ3) is 16.8.